The smallest absolute Gasteiger partial charge is 0.183 e. The second-order valence-corrected chi connectivity index (χ2v) is 7.83. The van der Waals surface area contributed by atoms with Crippen LogP contribution in [0.3, 0.4) is 0 Å². The van der Waals surface area contributed by atoms with Crippen molar-refractivity contribution in [2.75, 3.05) is 13.1 Å². The lowest BCUT2D eigenvalue weighted by atomic mass is 10.2. The first-order chi connectivity index (χ1) is 7.58. The third kappa shape index (κ3) is 4.06. The first-order valence-electron chi connectivity index (χ1n) is 5.10. The van der Waals surface area contributed by atoms with E-state index in [9.17, 15) is 8.42 Å². The molecule has 0 bridgehead atoms. The third-order valence-electron chi connectivity index (χ3n) is 2.63. The van der Waals surface area contributed by atoms with E-state index in [4.69, 9.17) is 11.6 Å². The Balaban J connectivity index is 0.00000144. The minimum Gasteiger partial charge on any atom is -0.315 e. The lowest BCUT2D eigenvalue weighted by Crippen LogP contribution is -2.39. The summed E-state index contributed by atoms with van der Waals surface area (Å²) in [6.07, 6.45) is 3.22. The van der Waals surface area contributed by atoms with E-state index in [2.05, 4.69) is 10.3 Å². The molecule has 2 heterocycles. The molecule has 0 aromatic carbocycles. The van der Waals surface area contributed by atoms with Crippen LogP contribution in [0.5, 0.6) is 0 Å². The third-order valence-corrected chi connectivity index (χ3v) is 6.06. The molecule has 0 spiro atoms. The Bertz CT molecular complexity index is 455. The Hall–Kier alpha value is 0.120. The van der Waals surface area contributed by atoms with Crippen LogP contribution in [0.2, 0.25) is 4.47 Å². The molecule has 1 unspecified atom stereocenters. The summed E-state index contributed by atoms with van der Waals surface area (Å²) < 4.78 is 24.5. The zero-order chi connectivity index (χ0) is 11.6. The van der Waals surface area contributed by atoms with Crippen LogP contribution < -0.4 is 5.32 Å². The highest BCUT2D eigenvalue weighted by molar-refractivity contribution is 7.91. The number of thiazole rings is 1. The molecule has 17 heavy (non-hydrogen) atoms. The highest BCUT2D eigenvalue weighted by Crippen LogP contribution is 2.23. The fraction of sp³-hybridized carbons (Fsp3) is 0.667. The average molecular weight is 317 g/mol. The van der Waals surface area contributed by atoms with Gasteiger partial charge in [0.05, 0.1) is 11.0 Å². The number of piperidine rings is 1. The maximum Gasteiger partial charge on any atom is 0.183 e. The molecule has 0 aliphatic carbocycles. The van der Waals surface area contributed by atoms with Gasteiger partial charge < -0.3 is 5.32 Å². The Morgan fingerprint density at radius 3 is 2.88 bits per heavy atom. The standard InChI is InChI=1S/C9H13ClN2O2S2.ClH/c10-9-12-4-7(15-9)6-16(13,14)8-2-1-3-11-5-8;/h4,8,11H,1-3,5-6H2;1H. The molecule has 1 aliphatic heterocycles. The van der Waals surface area contributed by atoms with Gasteiger partial charge in [0, 0.05) is 17.6 Å². The van der Waals surface area contributed by atoms with E-state index < -0.39 is 9.84 Å². The highest BCUT2D eigenvalue weighted by Gasteiger charge is 2.27. The topological polar surface area (TPSA) is 59.1 Å². The molecule has 1 saturated heterocycles. The van der Waals surface area contributed by atoms with Gasteiger partial charge in [-0.3, -0.25) is 0 Å². The minimum absolute atomic E-state index is 0. The molecule has 0 amide bonds. The van der Waals surface area contributed by atoms with Crippen molar-refractivity contribution in [3.63, 3.8) is 0 Å². The van der Waals surface area contributed by atoms with E-state index in [1.165, 1.54) is 11.3 Å². The zero-order valence-corrected chi connectivity index (χ0v) is 12.3. The number of halogens is 2. The number of hydrogen-bond donors (Lipinski definition) is 1. The summed E-state index contributed by atoms with van der Waals surface area (Å²) in [7, 11) is -3.07. The Morgan fingerprint density at radius 2 is 2.35 bits per heavy atom. The molecule has 1 aromatic rings. The maximum atomic E-state index is 12.1. The monoisotopic (exact) mass is 316 g/mol. The first-order valence-corrected chi connectivity index (χ1v) is 8.01. The van der Waals surface area contributed by atoms with E-state index in [0.29, 0.717) is 11.0 Å². The van der Waals surface area contributed by atoms with Gasteiger partial charge in [0.15, 0.2) is 14.3 Å². The number of rotatable bonds is 3. The highest BCUT2D eigenvalue weighted by atomic mass is 35.5. The van der Waals surface area contributed by atoms with Crippen LogP contribution >= 0.6 is 35.3 Å². The molecule has 98 valence electrons. The van der Waals surface area contributed by atoms with Crippen LogP contribution in [0.15, 0.2) is 6.20 Å². The Morgan fingerprint density at radius 1 is 1.59 bits per heavy atom. The predicted molar refractivity (Wildman–Crippen MR) is 72.9 cm³/mol. The molecule has 1 N–H and O–H groups in total. The van der Waals surface area contributed by atoms with E-state index in [0.717, 1.165) is 24.3 Å². The van der Waals surface area contributed by atoms with Crippen molar-refractivity contribution in [2.24, 2.45) is 0 Å². The van der Waals surface area contributed by atoms with Gasteiger partial charge in [-0.2, -0.15) is 0 Å². The molecular formula is C9H14Cl2N2O2S2. The summed E-state index contributed by atoms with van der Waals surface area (Å²) >= 11 is 6.91. The predicted octanol–water partition coefficient (Wildman–Crippen LogP) is 1.89. The van der Waals surface area contributed by atoms with Crippen molar-refractivity contribution >= 4 is 45.2 Å². The number of sulfone groups is 1. The van der Waals surface area contributed by atoms with Crippen LogP contribution in [0, 0.1) is 0 Å². The molecule has 0 radical (unpaired) electrons. The summed E-state index contributed by atoms with van der Waals surface area (Å²) in [6, 6.07) is 0. The zero-order valence-electron chi connectivity index (χ0n) is 9.06. The van der Waals surface area contributed by atoms with E-state index >= 15 is 0 Å². The van der Waals surface area contributed by atoms with Gasteiger partial charge in [0.2, 0.25) is 0 Å². The van der Waals surface area contributed by atoms with Crippen LogP contribution in [0.25, 0.3) is 0 Å². The fourth-order valence-electron chi connectivity index (χ4n) is 1.79. The summed E-state index contributed by atoms with van der Waals surface area (Å²) in [6.45, 7) is 1.48. The summed E-state index contributed by atoms with van der Waals surface area (Å²) in [4.78, 5) is 4.57. The van der Waals surface area contributed by atoms with E-state index in [1.807, 2.05) is 0 Å². The second-order valence-electron chi connectivity index (χ2n) is 3.86. The van der Waals surface area contributed by atoms with Gasteiger partial charge in [-0.15, -0.1) is 23.7 Å². The van der Waals surface area contributed by atoms with Crippen molar-refractivity contribution < 1.29 is 8.42 Å². The molecule has 1 aliphatic rings. The number of hydrogen-bond acceptors (Lipinski definition) is 5. The van der Waals surface area contributed by atoms with Crippen molar-refractivity contribution in [3.8, 4) is 0 Å². The SMILES string of the molecule is Cl.O=S(=O)(Cc1cnc(Cl)s1)C1CCCNC1. The summed E-state index contributed by atoms with van der Waals surface area (Å²) in [5, 5.41) is 2.85. The normalized spacial score (nSPS) is 20.9. The summed E-state index contributed by atoms with van der Waals surface area (Å²) in [5.41, 5.74) is 0. The van der Waals surface area contributed by atoms with Gasteiger partial charge in [0.1, 0.15) is 0 Å². The van der Waals surface area contributed by atoms with Crippen LogP contribution in [-0.2, 0) is 15.6 Å². The molecule has 1 aromatic heterocycles. The van der Waals surface area contributed by atoms with Gasteiger partial charge in [-0.25, -0.2) is 13.4 Å². The molecule has 0 saturated carbocycles. The molecule has 1 fully saturated rings. The first kappa shape index (κ1) is 15.2. The Kier molecular flexibility index (Phi) is 5.66. The van der Waals surface area contributed by atoms with Crippen molar-refractivity contribution in [1.29, 1.82) is 0 Å². The van der Waals surface area contributed by atoms with Crippen LogP contribution in [-0.4, -0.2) is 31.7 Å². The van der Waals surface area contributed by atoms with Crippen molar-refractivity contribution in [1.82, 2.24) is 10.3 Å². The minimum atomic E-state index is -3.07. The van der Waals surface area contributed by atoms with Gasteiger partial charge in [-0.05, 0) is 19.4 Å². The quantitative estimate of drug-likeness (QED) is 0.925. The number of aromatic nitrogens is 1. The van der Waals surface area contributed by atoms with Crippen molar-refractivity contribution in [3.05, 3.63) is 15.5 Å². The van der Waals surface area contributed by atoms with Crippen LogP contribution in [0.4, 0.5) is 0 Å². The van der Waals surface area contributed by atoms with Gasteiger partial charge in [0.25, 0.3) is 0 Å². The number of nitrogens with zero attached hydrogens (tertiary/aromatic N) is 1. The Labute approximate surface area is 116 Å². The molecule has 8 heteroatoms. The summed E-state index contributed by atoms with van der Waals surface area (Å²) in [5.74, 6) is 0.0593. The fourth-order valence-corrected chi connectivity index (χ4v) is 4.90. The molecule has 4 nitrogen and oxygen atoms in total. The second kappa shape index (κ2) is 6.33. The largest absolute Gasteiger partial charge is 0.315 e. The lowest BCUT2D eigenvalue weighted by molar-refractivity contribution is 0.496. The van der Waals surface area contributed by atoms with E-state index in [1.54, 1.807) is 6.20 Å². The van der Waals surface area contributed by atoms with E-state index in [-0.39, 0.29) is 23.4 Å². The molecular weight excluding hydrogens is 303 g/mol. The van der Waals surface area contributed by atoms with Crippen molar-refractivity contribution in [2.45, 2.75) is 23.8 Å². The van der Waals surface area contributed by atoms with Crippen LogP contribution in [0.1, 0.15) is 17.7 Å². The number of nitrogens with one attached hydrogen (secondary N) is 1. The van der Waals surface area contributed by atoms with Gasteiger partial charge in [-0.1, -0.05) is 11.6 Å². The average Bonchev–Trinajstić information content (AvgIpc) is 2.64. The maximum absolute atomic E-state index is 12.1. The molecule has 2 rings (SSSR count). The molecule has 1 atom stereocenters. The van der Waals surface area contributed by atoms with Gasteiger partial charge >= 0.3 is 0 Å². The lowest BCUT2D eigenvalue weighted by Gasteiger charge is -2.22.